The average molecular weight is 389 g/mol. The van der Waals surface area contributed by atoms with Gasteiger partial charge in [0.15, 0.2) is 0 Å². The van der Waals surface area contributed by atoms with Gasteiger partial charge in [-0.15, -0.1) is 0 Å². The van der Waals surface area contributed by atoms with Crippen LogP contribution in [0.1, 0.15) is 18.4 Å². The van der Waals surface area contributed by atoms with Gasteiger partial charge in [0.05, 0.1) is 17.9 Å². The summed E-state index contributed by atoms with van der Waals surface area (Å²) in [4.78, 5) is 17.0. The molecule has 3 rings (SSSR count). The first-order valence-electron chi connectivity index (χ1n) is 8.78. The Morgan fingerprint density at radius 1 is 1.26 bits per heavy atom. The number of rotatable bonds is 5. The van der Waals surface area contributed by atoms with Crippen molar-refractivity contribution in [1.29, 1.82) is 0 Å². The molecule has 7 nitrogen and oxygen atoms in total. The van der Waals surface area contributed by atoms with Crippen molar-refractivity contribution in [2.75, 3.05) is 25.5 Å². The number of hydrogen-bond donors (Lipinski definition) is 1. The SMILES string of the molecule is COc1ccc(S(=O)(=O)N2CCC[C@@H](C(=O)Nc3ncccc3C)C2)cc1. The number of carbonyl (C=O) groups is 1. The third-order valence-corrected chi connectivity index (χ3v) is 6.58. The lowest BCUT2D eigenvalue weighted by Crippen LogP contribution is -2.43. The Balaban J connectivity index is 1.72. The lowest BCUT2D eigenvalue weighted by Gasteiger charge is -2.31. The van der Waals surface area contributed by atoms with Gasteiger partial charge < -0.3 is 10.1 Å². The molecule has 1 fully saturated rings. The third kappa shape index (κ3) is 4.28. The molecule has 0 saturated carbocycles. The number of amides is 1. The highest BCUT2D eigenvalue weighted by Crippen LogP contribution is 2.26. The van der Waals surface area contributed by atoms with Crippen molar-refractivity contribution in [1.82, 2.24) is 9.29 Å². The molecule has 0 bridgehead atoms. The average Bonchev–Trinajstić information content (AvgIpc) is 2.70. The zero-order valence-electron chi connectivity index (χ0n) is 15.4. The first kappa shape index (κ1) is 19.3. The Kier molecular flexibility index (Phi) is 5.76. The van der Waals surface area contributed by atoms with E-state index < -0.39 is 15.9 Å². The van der Waals surface area contributed by atoms with Gasteiger partial charge >= 0.3 is 0 Å². The molecule has 1 aliphatic heterocycles. The monoisotopic (exact) mass is 389 g/mol. The number of nitrogens with zero attached hydrogens (tertiary/aromatic N) is 2. The van der Waals surface area contributed by atoms with E-state index in [0.717, 1.165) is 5.56 Å². The molecule has 2 aromatic rings. The second kappa shape index (κ2) is 8.06. The molecule has 1 amide bonds. The molecule has 2 heterocycles. The standard InChI is InChI=1S/C19H23N3O4S/c1-14-5-3-11-20-18(14)21-19(23)15-6-4-12-22(13-15)27(24,25)17-9-7-16(26-2)8-10-17/h3,5,7-11,15H,4,6,12-13H2,1-2H3,(H,20,21,23)/t15-/m1/s1. The summed E-state index contributed by atoms with van der Waals surface area (Å²) in [5.74, 6) is 0.493. The molecule has 1 saturated heterocycles. The summed E-state index contributed by atoms with van der Waals surface area (Å²) in [6, 6.07) is 9.94. The van der Waals surface area contributed by atoms with E-state index in [1.165, 1.54) is 23.5 Å². The number of benzene rings is 1. The van der Waals surface area contributed by atoms with E-state index in [4.69, 9.17) is 4.74 Å². The van der Waals surface area contributed by atoms with Gasteiger partial charge in [0.1, 0.15) is 11.6 Å². The van der Waals surface area contributed by atoms with Gasteiger partial charge in [-0.3, -0.25) is 4.79 Å². The minimum Gasteiger partial charge on any atom is -0.497 e. The van der Waals surface area contributed by atoms with Crippen molar-refractivity contribution in [2.45, 2.75) is 24.7 Å². The number of methoxy groups -OCH3 is 1. The topological polar surface area (TPSA) is 88.6 Å². The van der Waals surface area contributed by atoms with Gasteiger partial charge in [0.25, 0.3) is 0 Å². The molecule has 8 heteroatoms. The minimum absolute atomic E-state index is 0.159. The maximum Gasteiger partial charge on any atom is 0.243 e. The Morgan fingerprint density at radius 2 is 2.00 bits per heavy atom. The maximum atomic E-state index is 12.9. The van der Waals surface area contributed by atoms with Crippen molar-refractivity contribution in [3.63, 3.8) is 0 Å². The molecule has 0 unspecified atom stereocenters. The van der Waals surface area contributed by atoms with Gasteiger partial charge in [-0.25, -0.2) is 13.4 Å². The summed E-state index contributed by atoms with van der Waals surface area (Å²) < 4.78 is 32.3. The molecule has 0 spiro atoms. The van der Waals surface area contributed by atoms with Crippen LogP contribution >= 0.6 is 0 Å². The summed E-state index contributed by atoms with van der Waals surface area (Å²) in [6.45, 7) is 2.43. The molecule has 1 aromatic carbocycles. The Labute approximate surface area is 159 Å². The number of nitrogens with one attached hydrogen (secondary N) is 1. The maximum absolute atomic E-state index is 12.9. The van der Waals surface area contributed by atoms with Crippen LogP contribution < -0.4 is 10.1 Å². The van der Waals surface area contributed by atoms with Crippen molar-refractivity contribution >= 4 is 21.7 Å². The smallest absolute Gasteiger partial charge is 0.243 e. The predicted molar refractivity (Wildman–Crippen MR) is 102 cm³/mol. The zero-order valence-corrected chi connectivity index (χ0v) is 16.2. The van der Waals surface area contributed by atoms with E-state index in [0.29, 0.717) is 31.0 Å². The second-order valence-corrected chi connectivity index (χ2v) is 8.47. The molecule has 0 aliphatic carbocycles. The van der Waals surface area contributed by atoms with Crippen LogP contribution in [-0.4, -0.2) is 43.8 Å². The van der Waals surface area contributed by atoms with Crippen LogP contribution in [0.15, 0.2) is 47.5 Å². The lowest BCUT2D eigenvalue weighted by molar-refractivity contribution is -0.120. The van der Waals surface area contributed by atoms with Gasteiger partial charge in [-0.2, -0.15) is 4.31 Å². The lowest BCUT2D eigenvalue weighted by atomic mass is 9.99. The summed E-state index contributed by atoms with van der Waals surface area (Å²) >= 11 is 0. The van der Waals surface area contributed by atoms with Gasteiger partial charge in [0, 0.05) is 19.3 Å². The Morgan fingerprint density at radius 3 is 2.67 bits per heavy atom. The van der Waals surface area contributed by atoms with Crippen LogP contribution in [0, 0.1) is 12.8 Å². The van der Waals surface area contributed by atoms with Crippen molar-refractivity contribution in [3.05, 3.63) is 48.2 Å². The molecule has 144 valence electrons. The van der Waals surface area contributed by atoms with Gasteiger partial charge in [-0.1, -0.05) is 6.07 Å². The molecule has 0 radical (unpaired) electrons. The molecule has 1 atom stereocenters. The predicted octanol–water partition coefficient (Wildman–Crippen LogP) is 2.44. The molecule has 1 N–H and O–H groups in total. The van der Waals surface area contributed by atoms with Crippen molar-refractivity contribution in [3.8, 4) is 5.75 Å². The first-order chi connectivity index (χ1) is 12.9. The molecule has 1 aromatic heterocycles. The van der Waals surface area contributed by atoms with Crippen LogP contribution in [0.2, 0.25) is 0 Å². The Hall–Kier alpha value is -2.45. The number of aryl methyl sites for hydroxylation is 1. The Bertz CT molecular complexity index is 913. The second-order valence-electron chi connectivity index (χ2n) is 6.54. The van der Waals surface area contributed by atoms with Gasteiger partial charge in [0.2, 0.25) is 15.9 Å². The summed E-state index contributed by atoms with van der Waals surface area (Å²) in [5, 5.41) is 2.82. The highest BCUT2D eigenvalue weighted by molar-refractivity contribution is 7.89. The fourth-order valence-corrected chi connectivity index (χ4v) is 4.63. The van der Waals surface area contributed by atoms with E-state index in [1.54, 1.807) is 24.4 Å². The minimum atomic E-state index is -3.65. The largest absolute Gasteiger partial charge is 0.497 e. The summed E-state index contributed by atoms with van der Waals surface area (Å²) in [6.07, 6.45) is 2.89. The number of carbonyl (C=O) groups excluding carboxylic acids is 1. The van der Waals surface area contributed by atoms with Crippen LogP contribution in [0.3, 0.4) is 0 Å². The third-order valence-electron chi connectivity index (χ3n) is 4.70. The zero-order chi connectivity index (χ0) is 19.4. The van der Waals surface area contributed by atoms with E-state index in [1.807, 2.05) is 13.0 Å². The normalized spacial score (nSPS) is 18.1. The fraction of sp³-hybridized carbons (Fsp3) is 0.368. The number of hydrogen-bond acceptors (Lipinski definition) is 5. The molecule has 27 heavy (non-hydrogen) atoms. The van der Waals surface area contributed by atoms with E-state index >= 15 is 0 Å². The number of anilines is 1. The van der Waals surface area contributed by atoms with Crippen LogP contribution in [0.5, 0.6) is 5.75 Å². The summed E-state index contributed by atoms with van der Waals surface area (Å²) in [5.41, 5.74) is 0.865. The molecular weight excluding hydrogens is 366 g/mol. The highest BCUT2D eigenvalue weighted by atomic mass is 32.2. The van der Waals surface area contributed by atoms with Crippen LogP contribution in [0.25, 0.3) is 0 Å². The fourth-order valence-electron chi connectivity index (χ4n) is 3.11. The van der Waals surface area contributed by atoms with E-state index in [-0.39, 0.29) is 17.3 Å². The number of pyridine rings is 1. The first-order valence-corrected chi connectivity index (χ1v) is 10.2. The van der Waals surface area contributed by atoms with Crippen LogP contribution in [-0.2, 0) is 14.8 Å². The van der Waals surface area contributed by atoms with E-state index in [9.17, 15) is 13.2 Å². The van der Waals surface area contributed by atoms with Crippen molar-refractivity contribution in [2.24, 2.45) is 5.92 Å². The number of sulfonamides is 1. The molecule has 1 aliphatic rings. The van der Waals surface area contributed by atoms with Crippen molar-refractivity contribution < 1.29 is 17.9 Å². The number of ether oxygens (including phenoxy) is 1. The van der Waals surface area contributed by atoms with E-state index in [2.05, 4.69) is 10.3 Å². The molecular formula is C19H23N3O4S. The van der Waals surface area contributed by atoms with Crippen LogP contribution in [0.4, 0.5) is 5.82 Å². The quantitative estimate of drug-likeness (QED) is 0.848. The highest BCUT2D eigenvalue weighted by Gasteiger charge is 2.33. The summed E-state index contributed by atoms with van der Waals surface area (Å²) in [7, 11) is -2.12. The van der Waals surface area contributed by atoms with Gasteiger partial charge in [-0.05, 0) is 55.7 Å². The number of aromatic nitrogens is 1. The number of piperidine rings is 1.